The highest BCUT2D eigenvalue weighted by molar-refractivity contribution is 4.80. The van der Waals surface area contributed by atoms with Crippen molar-refractivity contribution in [2.45, 2.75) is 59.8 Å². The van der Waals surface area contributed by atoms with Gasteiger partial charge in [-0.25, -0.2) is 0 Å². The highest BCUT2D eigenvalue weighted by atomic mass is 14.3. The van der Waals surface area contributed by atoms with Gasteiger partial charge < -0.3 is 0 Å². The van der Waals surface area contributed by atoms with Gasteiger partial charge in [-0.2, -0.15) is 0 Å². The van der Waals surface area contributed by atoms with Crippen molar-refractivity contribution in [1.82, 2.24) is 0 Å². The zero-order valence-electron chi connectivity index (χ0n) is 9.84. The van der Waals surface area contributed by atoms with E-state index in [4.69, 9.17) is 0 Å². The van der Waals surface area contributed by atoms with Crippen LogP contribution >= 0.6 is 0 Å². The second-order valence-electron chi connectivity index (χ2n) is 5.09. The molecule has 78 valence electrons. The van der Waals surface area contributed by atoms with Gasteiger partial charge in [0.05, 0.1) is 0 Å². The van der Waals surface area contributed by atoms with Crippen molar-refractivity contribution in [2.24, 2.45) is 23.7 Å². The van der Waals surface area contributed by atoms with Crippen LogP contribution in [0.2, 0.25) is 0 Å². The van der Waals surface area contributed by atoms with Crippen molar-refractivity contribution in [2.75, 3.05) is 0 Å². The Kier molecular flexibility index (Phi) is 4.28. The van der Waals surface area contributed by atoms with Gasteiger partial charge in [0, 0.05) is 0 Å². The molecule has 0 aromatic heterocycles. The molecule has 1 aliphatic carbocycles. The van der Waals surface area contributed by atoms with Gasteiger partial charge in [0.2, 0.25) is 0 Å². The molecule has 0 aromatic rings. The molecule has 0 amide bonds. The summed E-state index contributed by atoms with van der Waals surface area (Å²) in [5.41, 5.74) is 0. The van der Waals surface area contributed by atoms with Crippen LogP contribution in [0.3, 0.4) is 0 Å². The van der Waals surface area contributed by atoms with Crippen molar-refractivity contribution >= 4 is 0 Å². The van der Waals surface area contributed by atoms with Crippen LogP contribution in [0.25, 0.3) is 0 Å². The highest BCUT2D eigenvalue weighted by Gasteiger charge is 2.29. The smallest absolute Gasteiger partial charge is 0.0383 e. The Bertz CT molecular complexity index is 139. The van der Waals surface area contributed by atoms with E-state index in [1.54, 1.807) is 0 Å². The Labute approximate surface area is 84.1 Å². The van der Waals surface area contributed by atoms with Crippen LogP contribution in [-0.4, -0.2) is 0 Å². The predicted molar refractivity (Wildman–Crippen MR) is 59.7 cm³/mol. The molecule has 0 saturated heterocycles. The van der Waals surface area contributed by atoms with E-state index in [1.165, 1.54) is 32.1 Å². The van der Waals surface area contributed by atoms with Crippen molar-refractivity contribution in [3.05, 3.63) is 0 Å². The van der Waals surface area contributed by atoms with Gasteiger partial charge in [-0.3, -0.25) is 0 Å². The molecule has 0 heteroatoms. The zero-order chi connectivity index (χ0) is 9.84. The van der Waals surface area contributed by atoms with Crippen LogP contribution in [0.1, 0.15) is 59.8 Å². The van der Waals surface area contributed by atoms with E-state index in [1.807, 2.05) is 0 Å². The summed E-state index contributed by atoms with van der Waals surface area (Å²) in [4.78, 5) is 0. The summed E-state index contributed by atoms with van der Waals surface area (Å²) < 4.78 is 0. The second-order valence-corrected chi connectivity index (χ2v) is 5.09. The average Bonchev–Trinajstić information content (AvgIpc) is 2.63. The Hall–Kier alpha value is 0. The fourth-order valence-electron chi connectivity index (χ4n) is 2.80. The molecule has 0 aliphatic heterocycles. The summed E-state index contributed by atoms with van der Waals surface area (Å²) in [7, 11) is 0. The molecule has 4 unspecified atom stereocenters. The van der Waals surface area contributed by atoms with Gasteiger partial charge in [-0.15, -0.1) is 0 Å². The van der Waals surface area contributed by atoms with Crippen LogP contribution < -0.4 is 0 Å². The van der Waals surface area contributed by atoms with E-state index in [0.29, 0.717) is 0 Å². The van der Waals surface area contributed by atoms with Crippen LogP contribution in [0.5, 0.6) is 0 Å². The molecule has 1 aliphatic rings. The average molecular weight is 182 g/mol. The predicted octanol–water partition coefficient (Wildman–Crippen LogP) is 4.49. The molecule has 0 aromatic carbocycles. The lowest BCUT2D eigenvalue weighted by Gasteiger charge is -2.25. The molecule has 4 atom stereocenters. The molecule has 0 spiro atoms. The van der Waals surface area contributed by atoms with Crippen molar-refractivity contribution in [3.63, 3.8) is 0 Å². The summed E-state index contributed by atoms with van der Waals surface area (Å²) >= 11 is 0. The second kappa shape index (κ2) is 5.02. The van der Waals surface area contributed by atoms with Gasteiger partial charge in [0.15, 0.2) is 0 Å². The topological polar surface area (TPSA) is 0 Å². The molecule has 1 rings (SSSR count). The Balaban J connectivity index is 2.36. The Morgan fingerprint density at radius 1 is 1.15 bits per heavy atom. The van der Waals surface area contributed by atoms with E-state index >= 15 is 0 Å². The molecular weight excluding hydrogens is 156 g/mol. The summed E-state index contributed by atoms with van der Waals surface area (Å²) in [6, 6.07) is 0. The minimum atomic E-state index is 0.931. The minimum Gasteiger partial charge on any atom is -0.0651 e. The van der Waals surface area contributed by atoms with Gasteiger partial charge >= 0.3 is 0 Å². The maximum Gasteiger partial charge on any atom is -0.0383 e. The quantitative estimate of drug-likeness (QED) is 0.600. The molecule has 0 heterocycles. The third kappa shape index (κ3) is 2.72. The largest absolute Gasteiger partial charge is 0.0651 e. The summed E-state index contributed by atoms with van der Waals surface area (Å²) in [6.07, 6.45) is 7.28. The van der Waals surface area contributed by atoms with Crippen LogP contribution in [0.4, 0.5) is 0 Å². The molecule has 0 nitrogen and oxygen atoms in total. The van der Waals surface area contributed by atoms with Crippen LogP contribution in [-0.2, 0) is 0 Å². The van der Waals surface area contributed by atoms with Crippen LogP contribution in [0.15, 0.2) is 0 Å². The maximum absolute atomic E-state index is 2.47. The molecule has 1 saturated carbocycles. The number of rotatable bonds is 4. The maximum atomic E-state index is 2.47. The highest BCUT2D eigenvalue weighted by Crippen LogP contribution is 2.40. The first-order chi connectivity index (χ1) is 6.19. The van der Waals surface area contributed by atoms with Crippen LogP contribution in [0, 0.1) is 23.7 Å². The van der Waals surface area contributed by atoms with E-state index < -0.39 is 0 Å². The lowest BCUT2D eigenvalue weighted by Crippen LogP contribution is -2.16. The molecule has 0 radical (unpaired) electrons. The molecular formula is C13H26. The first-order valence-electron chi connectivity index (χ1n) is 6.19. The van der Waals surface area contributed by atoms with Crippen molar-refractivity contribution in [1.29, 1.82) is 0 Å². The summed E-state index contributed by atoms with van der Waals surface area (Å²) in [6.45, 7) is 9.56. The van der Waals surface area contributed by atoms with Gasteiger partial charge in [0.25, 0.3) is 0 Å². The first kappa shape index (κ1) is 11.1. The monoisotopic (exact) mass is 182 g/mol. The van der Waals surface area contributed by atoms with Gasteiger partial charge in [-0.05, 0) is 36.5 Å². The molecule has 13 heavy (non-hydrogen) atoms. The standard InChI is InChI=1S/C13H26/c1-5-10(3)11(4)13-8-7-12(6-2)9-13/h10-13H,5-9H2,1-4H3. The van der Waals surface area contributed by atoms with Crippen molar-refractivity contribution < 1.29 is 0 Å². The first-order valence-corrected chi connectivity index (χ1v) is 6.19. The minimum absolute atomic E-state index is 0.931. The SMILES string of the molecule is CCC1CCC(C(C)C(C)CC)C1. The van der Waals surface area contributed by atoms with E-state index in [9.17, 15) is 0 Å². The van der Waals surface area contributed by atoms with E-state index in [-0.39, 0.29) is 0 Å². The molecule has 1 fully saturated rings. The fraction of sp³-hybridized carbons (Fsp3) is 1.00. The number of hydrogen-bond acceptors (Lipinski definition) is 0. The normalized spacial score (nSPS) is 33.2. The van der Waals surface area contributed by atoms with Crippen molar-refractivity contribution in [3.8, 4) is 0 Å². The fourth-order valence-corrected chi connectivity index (χ4v) is 2.80. The summed E-state index contributed by atoms with van der Waals surface area (Å²) in [5, 5.41) is 0. The Morgan fingerprint density at radius 2 is 1.85 bits per heavy atom. The zero-order valence-corrected chi connectivity index (χ0v) is 9.84. The lowest BCUT2D eigenvalue weighted by molar-refractivity contribution is 0.253. The molecule has 0 bridgehead atoms. The summed E-state index contributed by atoms with van der Waals surface area (Å²) in [5.74, 6) is 3.98. The number of hydrogen-bond donors (Lipinski definition) is 0. The molecule has 0 N–H and O–H groups in total. The van der Waals surface area contributed by atoms with E-state index in [0.717, 1.165) is 23.7 Å². The lowest BCUT2D eigenvalue weighted by atomic mass is 9.81. The third-order valence-corrected chi connectivity index (χ3v) is 4.44. The van der Waals surface area contributed by atoms with E-state index in [2.05, 4.69) is 27.7 Å². The Morgan fingerprint density at radius 3 is 2.31 bits per heavy atom. The third-order valence-electron chi connectivity index (χ3n) is 4.44. The van der Waals surface area contributed by atoms with Gasteiger partial charge in [0.1, 0.15) is 0 Å². The van der Waals surface area contributed by atoms with Gasteiger partial charge in [-0.1, -0.05) is 47.0 Å².